The molecule has 0 aliphatic heterocycles. The van der Waals surface area contributed by atoms with Crippen LogP contribution in [0, 0.1) is 0 Å². The third-order valence-corrected chi connectivity index (χ3v) is 3.95. The molecule has 2 atom stereocenters. The number of ether oxygens (including phenoxy) is 1. The van der Waals surface area contributed by atoms with Gasteiger partial charge in [-0.1, -0.05) is 6.92 Å². The Morgan fingerprint density at radius 2 is 1.93 bits per heavy atom. The zero-order valence-electron chi connectivity index (χ0n) is 9.91. The summed E-state index contributed by atoms with van der Waals surface area (Å²) in [6, 6.07) is -0.191. The first-order valence-electron chi connectivity index (χ1n) is 5.14. The molecule has 0 saturated carbocycles. The summed E-state index contributed by atoms with van der Waals surface area (Å²) < 4.78 is 30.9. The molecule has 15 heavy (non-hydrogen) atoms. The minimum Gasteiger partial charge on any atom is -0.383 e. The Labute approximate surface area is 92.6 Å². The Hall–Kier alpha value is -0.170. The van der Waals surface area contributed by atoms with Crippen LogP contribution >= 0.6 is 0 Å². The molecule has 0 radical (unpaired) electrons. The number of sulfonamides is 1. The van der Waals surface area contributed by atoms with Crippen LogP contribution in [0.15, 0.2) is 0 Å². The number of hydrogen-bond acceptors (Lipinski definition) is 4. The Bertz CT molecular complexity index is 254. The van der Waals surface area contributed by atoms with Crippen LogP contribution in [0.3, 0.4) is 0 Å². The first-order chi connectivity index (χ1) is 6.94. The molecule has 0 rings (SSSR count). The summed E-state index contributed by atoms with van der Waals surface area (Å²) in [4.78, 5) is 0. The van der Waals surface area contributed by atoms with Crippen LogP contribution in [0.5, 0.6) is 0 Å². The summed E-state index contributed by atoms with van der Waals surface area (Å²) in [5.41, 5.74) is 0. The van der Waals surface area contributed by atoms with E-state index in [-0.39, 0.29) is 6.04 Å². The minimum atomic E-state index is -3.25. The Morgan fingerprint density at radius 3 is 2.40 bits per heavy atom. The van der Waals surface area contributed by atoms with Gasteiger partial charge < -0.3 is 10.1 Å². The molecular formula is C9H22N2O3S. The van der Waals surface area contributed by atoms with E-state index in [1.54, 1.807) is 21.0 Å². The van der Waals surface area contributed by atoms with E-state index >= 15 is 0 Å². The van der Waals surface area contributed by atoms with Crippen molar-refractivity contribution in [1.29, 1.82) is 0 Å². The Kier molecular flexibility index (Phi) is 7.08. The fourth-order valence-corrected chi connectivity index (χ4v) is 2.34. The van der Waals surface area contributed by atoms with Gasteiger partial charge in [0.1, 0.15) is 0 Å². The Balaban J connectivity index is 4.16. The second kappa shape index (κ2) is 7.16. The van der Waals surface area contributed by atoms with Crippen LogP contribution in [0.25, 0.3) is 0 Å². The molecule has 0 aromatic rings. The van der Waals surface area contributed by atoms with Crippen molar-refractivity contribution in [2.75, 3.05) is 26.8 Å². The number of nitrogens with one attached hydrogen (secondary N) is 2. The van der Waals surface area contributed by atoms with E-state index < -0.39 is 15.3 Å². The van der Waals surface area contributed by atoms with Crippen molar-refractivity contribution in [1.82, 2.24) is 10.0 Å². The molecule has 0 aromatic heterocycles. The van der Waals surface area contributed by atoms with Crippen molar-refractivity contribution in [3.63, 3.8) is 0 Å². The van der Waals surface area contributed by atoms with Gasteiger partial charge >= 0.3 is 0 Å². The standard InChI is InChI=1S/C9H22N2O3S/c1-5-10-6-9(3)15(12,13)11-8(2)7-14-4/h8-11H,5-7H2,1-4H3. The van der Waals surface area contributed by atoms with Gasteiger partial charge in [0.15, 0.2) is 0 Å². The molecule has 0 aromatic carbocycles. The Morgan fingerprint density at radius 1 is 1.33 bits per heavy atom. The van der Waals surface area contributed by atoms with Gasteiger partial charge in [0.2, 0.25) is 10.0 Å². The molecule has 0 heterocycles. The third kappa shape index (κ3) is 6.09. The largest absolute Gasteiger partial charge is 0.383 e. The lowest BCUT2D eigenvalue weighted by Gasteiger charge is -2.18. The summed E-state index contributed by atoms with van der Waals surface area (Å²) in [6.45, 7) is 7.03. The smallest absolute Gasteiger partial charge is 0.215 e. The lowest BCUT2D eigenvalue weighted by molar-refractivity contribution is 0.180. The topological polar surface area (TPSA) is 67.4 Å². The number of methoxy groups -OCH3 is 1. The van der Waals surface area contributed by atoms with Gasteiger partial charge in [-0.05, 0) is 20.4 Å². The van der Waals surface area contributed by atoms with Crippen molar-refractivity contribution >= 4 is 10.0 Å². The van der Waals surface area contributed by atoms with Gasteiger partial charge in [-0.3, -0.25) is 0 Å². The quantitative estimate of drug-likeness (QED) is 0.621. The fourth-order valence-electron chi connectivity index (χ4n) is 1.14. The van der Waals surface area contributed by atoms with E-state index in [0.717, 1.165) is 6.54 Å². The first-order valence-corrected chi connectivity index (χ1v) is 6.69. The average molecular weight is 238 g/mol. The second-order valence-electron chi connectivity index (χ2n) is 3.64. The first kappa shape index (κ1) is 14.8. The molecule has 0 aliphatic rings. The molecule has 5 nitrogen and oxygen atoms in total. The maximum Gasteiger partial charge on any atom is 0.215 e. The summed E-state index contributed by atoms with van der Waals surface area (Å²) in [5, 5.41) is 2.58. The monoisotopic (exact) mass is 238 g/mol. The van der Waals surface area contributed by atoms with Crippen molar-refractivity contribution in [2.45, 2.75) is 32.1 Å². The molecule has 0 saturated heterocycles. The molecular weight excluding hydrogens is 216 g/mol. The lowest BCUT2D eigenvalue weighted by Crippen LogP contribution is -2.44. The van der Waals surface area contributed by atoms with Gasteiger partial charge in [-0.15, -0.1) is 0 Å². The summed E-state index contributed by atoms with van der Waals surface area (Å²) in [5.74, 6) is 0. The minimum absolute atomic E-state index is 0.191. The highest BCUT2D eigenvalue weighted by Crippen LogP contribution is 1.99. The zero-order chi connectivity index (χ0) is 11.9. The lowest BCUT2D eigenvalue weighted by atomic mass is 10.4. The van der Waals surface area contributed by atoms with Crippen molar-refractivity contribution in [3.05, 3.63) is 0 Å². The highest BCUT2D eigenvalue weighted by Gasteiger charge is 2.21. The van der Waals surface area contributed by atoms with Gasteiger partial charge in [0.05, 0.1) is 11.9 Å². The van der Waals surface area contributed by atoms with Gasteiger partial charge in [-0.25, -0.2) is 13.1 Å². The average Bonchev–Trinajstić information content (AvgIpc) is 2.13. The molecule has 0 amide bonds. The van der Waals surface area contributed by atoms with Crippen molar-refractivity contribution < 1.29 is 13.2 Å². The molecule has 0 aliphatic carbocycles. The van der Waals surface area contributed by atoms with E-state index in [9.17, 15) is 8.42 Å². The second-order valence-corrected chi connectivity index (χ2v) is 5.77. The van der Waals surface area contributed by atoms with E-state index in [0.29, 0.717) is 13.2 Å². The fraction of sp³-hybridized carbons (Fsp3) is 1.00. The van der Waals surface area contributed by atoms with Crippen LogP contribution in [0.2, 0.25) is 0 Å². The SMILES string of the molecule is CCNCC(C)S(=O)(=O)NC(C)COC. The van der Waals surface area contributed by atoms with Crippen LogP contribution in [0.1, 0.15) is 20.8 Å². The van der Waals surface area contributed by atoms with Crippen molar-refractivity contribution in [3.8, 4) is 0 Å². The third-order valence-electron chi connectivity index (χ3n) is 1.99. The predicted octanol–water partition coefficient (Wildman–Crippen LogP) is -0.0613. The van der Waals surface area contributed by atoms with Crippen molar-refractivity contribution in [2.24, 2.45) is 0 Å². The molecule has 0 bridgehead atoms. The highest BCUT2D eigenvalue weighted by molar-refractivity contribution is 7.90. The van der Waals surface area contributed by atoms with Crippen LogP contribution in [-0.2, 0) is 14.8 Å². The van der Waals surface area contributed by atoms with E-state index in [4.69, 9.17) is 4.74 Å². The zero-order valence-corrected chi connectivity index (χ0v) is 10.7. The number of hydrogen-bond donors (Lipinski definition) is 2. The summed E-state index contributed by atoms with van der Waals surface area (Å²) >= 11 is 0. The van der Waals surface area contributed by atoms with Crippen LogP contribution in [-0.4, -0.2) is 46.5 Å². The molecule has 92 valence electrons. The molecule has 2 unspecified atom stereocenters. The predicted molar refractivity (Wildman–Crippen MR) is 61.4 cm³/mol. The highest BCUT2D eigenvalue weighted by atomic mass is 32.2. The van der Waals surface area contributed by atoms with E-state index in [2.05, 4.69) is 10.0 Å². The molecule has 0 fully saturated rings. The van der Waals surface area contributed by atoms with Crippen LogP contribution < -0.4 is 10.0 Å². The van der Waals surface area contributed by atoms with Gasteiger partial charge in [-0.2, -0.15) is 0 Å². The van der Waals surface area contributed by atoms with Gasteiger partial charge in [0.25, 0.3) is 0 Å². The van der Waals surface area contributed by atoms with Gasteiger partial charge in [0, 0.05) is 19.7 Å². The molecule has 0 spiro atoms. The molecule has 6 heteroatoms. The molecule has 2 N–H and O–H groups in total. The van der Waals surface area contributed by atoms with E-state index in [1.807, 2.05) is 6.92 Å². The normalized spacial score (nSPS) is 16.3. The summed E-state index contributed by atoms with van der Waals surface area (Å²) in [6.07, 6.45) is 0. The maximum atomic E-state index is 11.7. The summed E-state index contributed by atoms with van der Waals surface area (Å²) in [7, 11) is -1.70. The maximum absolute atomic E-state index is 11.7. The van der Waals surface area contributed by atoms with Crippen LogP contribution in [0.4, 0.5) is 0 Å². The van der Waals surface area contributed by atoms with E-state index in [1.165, 1.54) is 0 Å². The number of rotatable bonds is 8.